The van der Waals surface area contributed by atoms with Gasteiger partial charge in [-0.1, -0.05) is 0 Å². The highest BCUT2D eigenvalue weighted by molar-refractivity contribution is 5.58. The number of halogens is 1. The smallest absolute Gasteiger partial charge is 0.352 e. The maximum Gasteiger partial charge on any atom is 0.352 e. The van der Waals surface area contributed by atoms with Crippen LogP contribution in [0.15, 0.2) is 16.0 Å². The summed E-state index contributed by atoms with van der Waals surface area (Å²) < 4.78 is 20.0. The largest absolute Gasteiger partial charge is 0.388 e. The molecule has 0 saturated carbocycles. The maximum atomic E-state index is 13.9. The quantitative estimate of drug-likeness (QED) is 0.562. The van der Waals surface area contributed by atoms with Gasteiger partial charge in [0.25, 0.3) is 0 Å². The van der Waals surface area contributed by atoms with Gasteiger partial charge in [0.05, 0.1) is 18.6 Å². The van der Waals surface area contributed by atoms with E-state index in [1.165, 1.54) is 6.34 Å². The van der Waals surface area contributed by atoms with E-state index in [1.807, 2.05) is 0 Å². The minimum atomic E-state index is -1.34. The van der Waals surface area contributed by atoms with E-state index >= 15 is 0 Å². The number of hydrogen-bond donors (Lipinski definition) is 2. The van der Waals surface area contributed by atoms with E-state index in [0.717, 1.165) is 10.8 Å². The van der Waals surface area contributed by atoms with E-state index in [0.29, 0.717) is 0 Å². The van der Waals surface area contributed by atoms with Gasteiger partial charge in [0, 0.05) is 14.1 Å². The zero-order valence-corrected chi connectivity index (χ0v) is 11.8. The highest BCUT2D eigenvalue weighted by atomic mass is 19.1. The Morgan fingerprint density at radius 1 is 1.48 bits per heavy atom. The molecule has 4 atom stereocenters. The Bertz CT molecular complexity index is 603. The third-order valence-electron chi connectivity index (χ3n) is 3.05. The summed E-state index contributed by atoms with van der Waals surface area (Å²) in [6.07, 6.45) is -2.19. The van der Waals surface area contributed by atoms with Crippen LogP contribution in [0.5, 0.6) is 0 Å². The molecule has 1 aromatic heterocycles. The average molecular weight is 300 g/mol. The summed E-state index contributed by atoms with van der Waals surface area (Å²) in [6, 6.07) is 0. The normalized spacial score (nSPS) is 29.2. The highest BCUT2D eigenvalue weighted by Gasteiger charge is 2.42. The first kappa shape index (κ1) is 15.5. The Labute approximate surface area is 120 Å². The number of ether oxygens (including phenoxy) is 1. The molecule has 0 bridgehead atoms. The van der Waals surface area contributed by atoms with Gasteiger partial charge in [-0.05, 0) is 6.92 Å². The molecule has 8 nitrogen and oxygen atoms in total. The molecule has 2 heterocycles. The van der Waals surface area contributed by atoms with E-state index < -0.39 is 36.0 Å². The van der Waals surface area contributed by atoms with Gasteiger partial charge in [0.2, 0.25) is 0 Å². The minimum Gasteiger partial charge on any atom is -0.388 e. The molecule has 1 aliphatic heterocycles. The lowest BCUT2D eigenvalue weighted by Gasteiger charge is -2.17. The van der Waals surface area contributed by atoms with Crippen LogP contribution in [-0.2, 0) is 4.74 Å². The number of rotatable bonds is 3. The summed E-state index contributed by atoms with van der Waals surface area (Å²) in [6.45, 7) is 1.54. The molecular formula is C12H17FN4O4. The fourth-order valence-corrected chi connectivity index (χ4v) is 1.94. The van der Waals surface area contributed by atoms with Crippen molar-refractivity contribution in [1.29, 1.82) is 0 Å². The monoisotopic (exact) mass is 300 g/mol. The van der Waals surface area contributed by atoms with Gasteiger partial charge in [-0.3, -0.25) is 4.57 Å². The SMILES string of the molecule is C[C@H]1O[C@@H](n2cc(F)c(N=CN(C)C)nc2=O)[C@H](O)[C@@H]1O. The van der Waals surface area contributed by atoms with Crippen molar-refractivity contribution in [2.24, 2.45) is 4.99 Å². The van der Waals surface area contributed by atoms with Crippen molar-refractivity contribution in [3.05, 3.63) is 22.5 Å². The molecule has 21 heavy (non-hydrogen) atoms. The van der Waals surface area contributed by atoms with E-state index in [-0.39, 0.29) is 5.82 Å². The van der Waals surface area contributed by atoms with Gasteiger partial charge in [0.1, 0.15) is 12.2 Å². The zero-order valence-electron chi connectivity index (χ0n) is 11.8. The number of nitrogens with zero attached hydrogens (tertiary/aromatic N) is 4. The van der Waals surface area contributed by atoms with Crippen molar-refractivity contribution in [3.63, 3.8) is 0 Å². The van der Waals surface area contributed by atoms with Crippen molar-refractivity contribution in [2.75, 3.05) is 14.1 Å². The average Bonchev–Trinajstić information content (AvgIpc) is 2.67. The molecule has 1 fully saturated rings. The van der Waals surface area contributed by atoms with Crippen LogP contribution in [0.2, 0.25) is 0 Å². The van der Waals surface area contributed by atoms with Crippen molar-refractivity contribution >= 4 is 12.2 Å². The van der Waals surface area contributed by atoms with Gasteiger partial charge in [-0.25, -0.2) is 14.2 Å². The Balaban J connectivity index is 2.35. The minimum absolute atomic E-state index is 0.356. The Morgan fingerprint density at radius 3 is 2.67 bits per heavy atom. The third-order valence-corrected chi connectivity index (χ3v) is 3.05. The van der Waals surface area contributed by atoms with Crippen LogP contribution < -0.4 is 5.69 Å². The van der Waals surface area contributed by atoms with Gasteiger partial charge in [-0.2, -0.15) is 4.98 Å². The molecule has 0 spiro atoms. The van der Waals surface area contributed by atoms with Gasteiger partial charge < -0.3 is 19.8 Å². The zero-order chi connectivity index (χ0) is 15.7. The summed E-state index contributed by atoms with van der Waals surface area (Å²) >= 11 is 0. The fourth-order valence-electron chi connectivity index (χ4n) is 1.94. The molecule has 1 aromatic rings. The molecule has 2 rings (SSSR count). The van der Waals surface area contributed by atoms with Gasteiger partial charge in [-0.15, -0.1) is 0 Å². The molecule has 0 aliphatic carbocycles. The molecule has 116 valence electrons. The molecule has 0 amide bonds. The first-order valence-electron chi connectivity index (χ1n) is 6.32. The van der Waals surface area contributed by atoms with E-state index in [9.17, 15) is 19.4 Å². The van der Waals surface area contributed by atoms with Crippen molar-refractivity contribution in [2.45, 2.75) is 31.5 Å². The number of hydrogen-bond acceptors (Lipinski definition) is 6. The standard InChI is InChI=1S/C12H17FN4O4/c1-6-8(18)9(19)11(21-6)17-4-7(13)10(15-12(17)20)14-5-16(2)3/h4-6,8-9,11,18-19H,1-3H3/t6-,8-,9-,11-/m1/s1. The fraction of sp³-hybridized carbons (Fsp3) is 0.583. The lowest BCUT2D eigenvalue weighted by Crippen LogP contribution is -2.35. The lowest BCUT2D eigenvalue weighted by molar-refractivity contribution is -0.0355. The van der Waals surface area contributed by atoms with Crippen LogP contribution >= 0.6 is 0 Å². The van der Waals surface area contributed by atoms with Gasteiger partial charge >= 0.3 is 5.69 Å². The first-order chi connectivity index (χ1) is 9.81. The molecule has 2 N–H and O–H groups in total. The van der Waals surface area contributed by atoms with E-state index in [4.69, 9.17) is 4.74 Å². The van der Waals surface area contributed by atoms with Crippen LogP contribution in [0.1, 0.15) is 13.2 Å². The summed E-state index contributed by atoms with van der Waals surface area (Å²) in [4.78, 5) is 20.7. The Kier molecular flexibility index (Phi) is 4.35. The Hall–Kier alpha value is -1.84. The second-order valence-electron chi connectivity index (χ2n) is 5.02. The lowest BCUT2D eigenvalue weighted by atomic mass is 10.1. The predicted octanol–water partition coefficient (Wildman–Crippen LogP) is -0.757. The van der Waals surface area contributed by atoms with Crippen molar-refractivity contribution in [3.8, 4) is 0 Å². The second kappa shape index (κ2) is 5.88. The van der Waals surface area contributed by atoms with Crippen LogP contribution in [0.4, 0.5) is 10.2 Å². The van der Waals surface area contributed by atoms with Gasteiger partial charge in [0.15, 0.2) is 17.9 Å². The molecule has 0 aromatic carbocycles. The third kappa shape index (κ3) is 3.09. The van der Waals surface area contributed by atoms with E-state index in [2.05, 4.69) is 9.98 Å². The molecular weight excluding hydrogens is 283 g/mol. The molecule has 1 saturated heterocycles. The predicted molar refractivity (Wildman–Crippen MR) is 71.9 cm³/mol. The summed E-state index contributed by atoms with van der Waals surface area (Å²) in [5, 5.41) is 19.4. The molecule has 1 aliphatic rings. The first-order valence-corrected chi connectivity index (χ1v) is 6.32. The number of aliphatic hydroxyl groups excluding tert-OH is 2. The summed E-state index contributed by atoms with van der Waals surface area (Å²) in [7, 11) is 3.38. The van der Waals surface area contributed by atoms with Crippen molar-refractivity contribution < 1.29 is 19.3 Å². The second-order valence-corrected chi connectivity index (χ2v) is 5.02. The molecule has 9 heteroatoms. The number of aromatic nitrogens is 2. The van der Waals surface area contributed by atoms with E-state index in [1.54, 1.807) is 25.9 Å². The summed E-state index contributed by atoms with van der Waals surface area (Å²) in [5.41, 5.74) is -0.826. The van der Waals surface area contributed by atoms with Crippen LogP contribution in [0.25, 0.3) is 0 Å². The maximum absolute atomic E-state index is 13.9. The highest BCUT2D eigenvalue weighted by Crippen LogP contribution is 2.28. The molecule has 0 radical (unpaired) electrons. The van der Waals surface area contributed by atoms with Crippen LogP contribution in [0.3, 0.4) is 0 Å². The molecule has 0 unspecified atom stereocenters. The van der Waals surface area contributed by atoms with Crippen LogP contribution in [-0.4, -0.2) is 63.4 Å². The number of aliphatic imine (C=N–C) groups is 1. The number of aliphatic hydroxyl groups is 2. The van der Waals surface area contributed by atoms with Crippen molar-refractivity contribution in [1.82, 2.24) is 14.5 Å². The summed E-state index contributed by atoms with van der Waals surface area (Å²) in [5.74, 6) is -1.19. The Morgan fingerprint density at radius 2 is 2.14 bits per heavy atom. The topological polar surface area (TPSA) is 100 Å². The van der Waals surface area contributed by atoms with Crippen LogP contribution in [0, 0.1) is 5.82 Å².